The van der Waals surface area contributed by atoms with E-state index >= 15 is 0 Å². The number of carboxylic acids is 1. The molecule has 0 heterocycles. The Morgan fingerprint density at radius 1 is 1.11 bits per heavy atom. The molecule has 0 radical (unpaired) electrons. The highest BCUT2D eigenvalue weighted by molar-refractivity contribution is 6.31. The molecule has 144 valence electrons. The van der Waals surface area contributed by atoms with Gasteiger partial charge in [0.15, 0.2) is 5.54 Å². The van der Waals surface area contributed by atoms with Crippen LogP contribution >= 0.6 is 11.6 Å². The van der Waals surface area contributed by atoms with Crippen molar-refractivity contribution in [1.82, 2.24) is 5.32 Å². The predicted molar refractivity (Wildman–Crippen MR) is 101 cm³/mol. The summed E-state index contributed by atoms with van der Waals surface area (Å²) >= 11 is 5.87. The molecule has 2 rings (SSSR count). The minimum Gasteiger partial charge on any atom is -0.479 e. The van der Waals surface area contributed by atoms with E-state index in [4.69, 9.17) is 16.3 Å². The highest BCUT2D eigenvalue weighted by Crippen LogP contribution is 2.34. The first kappa shape index (κ1) is 20.7. The molecule has 27 heavy (non-hydrogen) atoms. The zero-order chi connectivity index (χ0) is 20.4. The number of carbonyl (C=O) groups excluding carboxylic acids is 1. The lowest BCUT2D eigenvalue weighted by molar-refractivity contribution is -0.144. The summed E-state index contributed by atoms with van der Waals surface area (Å²) < 4.78 is 18.7. The molecule has 0 aromatic heterocycles. The van der Waals surface area contributed by atoms with Crippen molar-refractivity contribution in [2.24, 2.45) is 0 Å². The lowest BCUT2D eigenvalue weighted by Crippen LogP contribution is -2.51. The standard InChI is InChI=1S/C20H21ClFNO4/c1-19(2,3)27-18(26)23-20(4,17(24)25)14-8-6-5-7-13(14)12-9-10-16(22)15(21)11-12/h5-11H,1-4H3,(H,23,26)(H,24,25)/t20-/m1/s1. The summed E-state index contributed by atoms with van der Waals surface area (Å²) in [5.41, 5.74) is -1.23. The molecular formula is C20H21ClFNO4. The number of carboxylic acid groups (broad SMARTS) is 1. The van der Waals surface area contributed by atoms with Gasteiger partial charge in [0.25, 0.3) is 0 Å². The highest BCUT2D eigenvalue weighted by atomic mass is 35.5. The second-order valence-corrected chi connectivity index (χ2v) is 7.64. The minimum absolute atomic E-state index is 0.0839. The highest BCUT2D eigenvalue weighted by Gasteiger charge is 2.40. The quantitative estimate of drug-likeness (QED) is 0.768. The third-order valence-electron chi connectivity index (χ3n) is 3.88. The van der Waals surface area contributed by atoms with Gasteiger partial charge in [0.05, 0.1) is 5.02 Å². The van der Waals surface area contributed by atoms with Gasteiger partial charge in [-0.25, -0.2) is 14.0 Å². The number of rotatable bonds is 4. The van der Waals surface area contributed by atoms with Crippen LogP contribution in [0.15, 0.2) is 42.5 Å². The lowest BCUT2D eigenvalue weighted by atomic mass is 9.85. The topological polar surface area (TPSA) is 75.6 Å². The van der Waals surface area contributed by atoms with E-state index in [0.717, 1.165) is 0 Å². The molecule has 0 fully saturated rings. The van der Waals surface area contributed by atoms with Gasteiger partial charge in [-0.2, -0.15) is 0 Å². The Kier molecular flexibility index (Phi) is 5.80. The van der Waals surface area contributed by atoms with Crippen molar-refractivity contribution in [3.05, 3.63) is 58.9 Å². The zero-order valence-electron chi connectivity index (χ0n) is 15.5. The SMILES string of the molecule is CC(C)(C)OC(=O)N[C@@](C)(C(=O)O)c1ccccc1-c1ccc(F)c(Cl)c1. The Bertz CT molecular complexity index is 879. The molecule has 0 aliphatic carbocycles. The third kappa shape index (κ3) is 4.77. The molecule has 0 aliphatic rings. The molecule has 5 nitrogen and oxygen atoms in total. The van der Waals surface area contributed by atoms with E-state index in [0.29, 0.717) is 16.7 Å². The molecule has 7 heteroatoms. The Hall–Kier alpha value is -2.60. The Labute approximate surface area is 162 Å². The molecule has 0 saturated carbocycles. The molecule has 0 saturated heterocycles. The van der Waals surface area contributed by atoms with Crippen molar-refractivity contribution in [1.29, 1.82) is 0 Å². The molecule has 2 aromatic rings. The van der Waals surface area contributed by atoms with Gasteiger partial charge < -0.3 is 15.2 Å². The van der Waals surface area contributed by atoms with Gasteiger partial charge in [0.2, 0.25) is 0 Å². The molecule has 2 aromatic carbocycles. The van der Waals surface area contributed by atoms with Crippen LogP contribution in [0.3, 0.4) is 0 Å². The molecule has 1 atom stereocenters. The van der Waals surface area contributed by atoms with Crippen LogP contribution in [0.25, 0.3) is 11.1 Å². The third-order valence-corrected chi connectivity index (χ3v) is 4.16. The second-order valence-electron chi connectivity index (χ2n) is 7.23. The van der Waals surface area contributed by atoms with Crippen LogP contribution in [0, 0.1) is 5.82 Å². The fourth-order valence-electron chi connectivity index (χ4n) is 2.58. The first-order valence-electron chi connectivity index (χ1n) is 8.23. The van der Waals surface area contributed by atoms with E-state index in [1.807, 2.05) is 0 Å². The average Bonchev–Trinajstić information content (AvgIpc) is 2.55. The minimum atomic E-state index is -1.78. The summed E-state index contributed by atoms with van der Waals surface area (Å²) in [7, 11) is 0. The summed E-state index contributed by atoms with van der Waals surface area (Å²) in [5, 5.41) is 12.2. The van der Waals surface area contributed by atoms with Crippen molar-refractivity contribution in [2.45, 2.75) is 38.8 Å². The molecule has 2 N–H and O–H groups in total. The number of benzene rings is 2. The van der Waals surface area contributed by atoms with Crippen LogP contribution < -0.4 is 5.32 Å². The second kappa shape index (κ2) is 7.56. The maximum atomic E-state index is 13.5. The predicted octanol–water partition coefficient (Wildman–Crippen LogP) is 4.97. The summed E-state index contributed by atoms with van der Waals surface area (Å²) in [6.45, 7) is 6.40. The normalized spacial score (nSPS) is 13.6. The number of alkyl carbamates (subject to hydrolysis) is 1. The first-order valence-corrected chi connectivity index (χ1v) is 8.61. The van der Waals surface area contributed by atoms with E-state index in [9.17, 15) is 19.1 Å². The number of ether oxygens (including phenoxy) is 1. The Balaban J connectivity index is 2.53. The van der Waals surface area contributed by atoms with Crippen LogP contribution in [-0.2, 0) is 15.1 Å². The van der Waals surface area contributed by atoms with Crippen LogP contribution in [0.2, 0.25) is 5.02 Å². The number of halogens is 2. The summed E-state index contributed by atoms with van der Waals surface area (Å²) in [6.07, 6.45) is -0.862. The van der Waals surface area contributed by atoms with Gasteiger partial charge in [-0.15, -0.1) is 0 Å². The van der Waals surface area contributed by atoms with Gasteiger partial charge in [0.1, 0.15) is 11.4 Å². The van der Waals surface area contributed by atoms with Gasteiger partial charge in [0, 0.05) is 0 Å². The molecule has 0 aliphatic heterocycles. The monoisotopic (exact) mass is 393 g/mol. The van der Waals surface area contributed by atoms with E-state index in [2.05, 4.69) is 5.32 Å². The fourth-order valence-corrected chi connectivity index (χ4v) is 2.76. The fraction of sp³-hybridized carbons (Fsp3) is 0.300. The summed E-state index contributed by atoms with van der Waals surface area (Å²) in [5.74, 6) is -1.85. The molecular weight excluding hydrogens is 373 g/mol. The number of carbonyl (C=O) groups is 2. The molecule has 0 bridgehead atoms. The summed E-state index contributed by atoms with van der Waals surface area (Å²) in [6, 6.07) is 10.7. The van der Waals surface area contributed by atoms with Crippen LogP contribution in [-0.4, -0.2) is 22.8 Å². The lowest BCUT2D eigenvalue weighted by Gasteiger charge is -2.30. The summed E-state index contributed by atoms with van der Waals surface area (Å²) in [4.78, 5) is 24.3. The molecule has 1 amide bonds. The van der Waals surface area contributed by atoms with Crippen molar-refractivity contribution >= 4 is 23.7 Å². The van der Waals surface area contributed by atoms with E-state index < -0.39 is 29.0 Å². The Morgan fingerprint density at radius 2 is 1.74 bits per heavy atom. The zero-order valence-corrected chi connectivity index (χ0v) is 16.2. The van der Waals surface area contributed by atoms with Gasteiger partial charge >= 0.3 is 12.1 Å². The van der Waals surface area contributed by atoms with Crippen LogP contribution in [0.5, 0.6) is 0 Å². The van der Waals surface area contributed by atoms with Crippen molar-refractivity contribution in [3.63, 3.8) is 0 Å². The maximum absolute atomic E-state index is 13.5. The largest absolute Gasteiger partial charge is 0.479 e. The smallest absolute Gasteiger partial charge is 0.408 e. The van der Waals surface area contributed by atoms with Gasteiger partial charge in [-0.3, -0.25) is 0 Å². The maximum Gasteiger partial charge on any atom is 0.408 e. The van der Waals surface area contributed by atoms with Crippen LogP contribution in [0.4, 0.5) is 9.18 Å². The number of hydrogen-bond donors (Lipinski definition) is 2. The number of nitrogens with one attached hydrogen (secondary N) is 1. The first-order chi connectivity index (χ1) is 12.4. The van der Waals surface area contributed by atoms with E-state index in [1.165, 1.54) is 25.1 Å². The molecule has 0 spiro atoms. The van der Waals surface area contributed by atoms with Crippen molar-refractivity contribution in [2.75, 3.05) is 0 Å². The molecule has 0 unspecified atom stereocenters. The van der Waals surface area contributed by atoms with Gasteiger partial charge in [-0.1, -0.05) is 41.9 Å². The van der Waals surface area contributed by atoms with Gasteiger partial charge in [-0.05, 0) is 56.5 Å². The number of amides is 1. The average molecular weight is 394 g/mol. The van der Waals surface area contributed by atoms with Crippen molar-refractivity contribution < 1.29 is 23.8 Å². The van der Waals surface area contributed by atoms with Crippen molar-refractivity contribution in [3.8, 4) is 11.1 Å². The van der Waals surface area contributed by atoms with E-state index in [1.54, 1.807) is 45.0 Å². The Morgan fingerprint density at radius 3 is 2.30 bits per heavy atom. The number of hydrogen-bond acceptors (Lipinski definition) is 3. The van der Waals surface area contributed by atoms with Crippen LogP contribution in [0.1, 0.15) is 33.3 Å². The number of aliphatic carboxylic acids is 1. The van der Waals surface area contributed by atoms with E-state index in [-0.39, 0.29) is 5.02 Å².